The summed E-state index contributed by atoms with van der Waals surface area (Å²) >= 11 is 1.77. The third kappa shape index (κ3) is 8.30. The molecule has 1 saturated heterocycles. The number of aliphatic imine (C=N–C) groups is 1. The topological polar surface area (TPSA) is 68.9 Å². The van der Waals surface area contributed by atoms with Crippen LogP contribution in [-0.2, 0) is 15.9 Å². The molecule has 1 aromatic rings. The van der Waals surface area contributed by atoms with Crippen LogP contribution in [0.5, 0.6) is 0 Å². The number of nitrogens with two attached hydrogens (primary N) is 1. The average Bonchev–Trinajstić information content (AvgIpc) is 3.01. The fraction of sp³-hybridized carbons (Fsp3) is 0.667. The molecule has 0 radical (unpaired) electrons. The predicted octanol–water partition coefficient (Wildman–Crippen LogP) is 2.40. The van der Waals surface area contributed by atoms with Gasteiger partial charge in [-0.05, 0) is 37.1 Å². The van der Waals surface area contributed by atoms with E-state index in [4.69, 9.17) is 15.2 Å². The molecule has 1 aromatic heterocycles. The van der Waals surface area contributed by atoms with Crippen LogP contribution in [0.15, 0.2) is 22.5 Å². The third-order valence-corrected chi connectivity index (χ3v) is 4.30. The summed E-state index contributed by atoms with van der Waals surface area (Å²) in [6.07, 6.45) is 4.28. The number of guanidine groups is 1. The van der Waals surface area contributed by atoms with Crippen LogP contribution < -0.4 is 11.1 Å². The number of halogens is 1. The molecule has 2 heterocycles. The van der Waals surface area contributed by atoms with Crippen LogP contribution in [0.4, 0.5) is 0 Å². The van der Waals surface area contributed by atoms with Crippen LogP contribution >= 0.6 is 35.3 Å². The Labute approximate surface area is 153 Å². The van der Waals surface area contributed by atoms with E-state index in [1.54, 1.807) is 11.3 Å². The van der Waals surface area contributed by atoms with Crippen molar-refractivity contribution >= 4 is 41.3 Å². The number of nitrogens with one attached hydrogen (secondary N) is 1. The highest BCUT2D eigenvalue weighted by atomic mass is 127. The lowest BCUT2D eigenvalue weighted by Crippen LogP contribution is -2.33. The zero-order valence-electron chi connectivity index (χ0n) is 12.8. The van der Waals surface area contributed by atoms with E-state index >= 15 is 0 Å². The molecule has 0 aliphatic carbocycles. The van der Waals surface area contributed by atoms with Gasteiger partial charge in [0.25, 0.3) is 0 Å². The molecule has 7 heteroatoms. The van der Waals surface area contributed by atoms with Gasteiger partial charge in [-0.1, -0.05) is 6.07 Å². The number of rotatable bonds is 8. The zero-order valence-corrected chi connectivity index (χ0v) is 16.0. The molecule has 5 nitrogen and oxygen atoms in total. The first kappa shape index (κ1) is 19.7. The summed E-state index contributed by atoms with van der Waals surface area (Å²) in [5, 5.41) is 5.23. The second-order valence-electron chi connectivity index (χ2n) is 5.06. The Morgan fingerprint density at radius 2 is 2.27 bits per heavy atom. The highest BCUT2D eigenvalue weighted by Crippen LogP contribution is 2.10. The molecule has 1 aliphatic rings. The summed E-state index contributed by atoms with van der Waals surface area (Å²) < 4.78 is 11.1. The highest BCUT2D eigenvalue weighted by Gasteiger charge is 2.13. The maximum absolute atomic E-state index is 5.82. The van der Waals surface area contributed by atoms with Crippen molar-refractivity contribution in [2.24, 2.45) is 10.7 Å². The minimum absolute atomic E-state index is 0. The minimum Gasteiger partial charge on any atom is -0.381 e. The van der Waals surface area contributed by atoms with Gasteiger partial charge in [0, 0.05) is 37.8 Å². The second kappa shape index (κ2) is 12.1. The lowest BCUT2D eigenvalue weighted by atomic mass is 10.1. The van der Waals surface area contributed by atoms with Crippen LogP contribution in [0, 0.1) is 0 Å². The molecule has 126 valence electrons. The van der Waals surface area contributed by atoms with Crippen LogP contribution in [-0.4, -0.2) is 45.0 Å². The minimum atomic E-state index is 0. The van der Waals surface area contributed by atoms with Crippen LogP contribution in [0.25, 0.3) is 0 Å². The van der Waals surface area contributed by atoms with Gasteiger partial charge < -0.3 is 20.5 Å². The first-order chi connectivity index (χ1) is 10.3. The smallest absolute Gasteiger partial charge is 0.188 e. The van der Waals surface area contributed by atoms with Gasteiger partial charge >= 0.3 is 0 Å². The standard InChI is InChI=1S/C15H25N3O2S.HI/c16-15(18-8-4-14-3-1-12-21-14)17-7-2-9-20-13-5-10-19-11-6-13;/h1,3,12-13H,2,4-11H2,(H3,16,17,18);1H. The third-order valence-electron chi connectivity index (χ3n) is 3.36. The van der Waals surface area contributed by atoms with E-state index in [-0.39, 0.29) is 24.0 Å². The molecule has 0 saturated carbocycles. The SMILES string of the molecule is I.NC(=NCCCOC1CCOCC1)NCCc1cccs1. The van der Waals surface area contributed by atoms with Gasteiger partial charge in [0.2, 0.25) is 0 Å². The number of hydrogen-bond donors (Lipinski definition) is 2. The van der Waals surface area contributed by atoms with Crippen molar-refractivity contribution in [3.63, 3.8) is 0 Å². The molecule has 3 N–H and O–H groups in total. The van der Waals surface area contributed by atoms with E-state index in [0.29, 0.717) is 18.6 Å². The lowest BCUT2D eigenvalue weighted by molar-refractivity contribution is -0.0318. The van der Waals surface area contributed by atoms with E-state index < -0.39 is 0 Å². The molecule has 1 aliphatic heterocycles. The maximum Gasteiger partial charge on any atom is 0.188 e. The normalized spacial score (nSPS) is 16.3. The van der Waals surface area contributed by atoms with E-state index in [1.807, 2.05) is 0 Å². The van der Waals surface area contributed by atoms with Crippen LogP contribution in [0.2, 0.25) is 0 Å². The Morgan fingerprint density at radius 3 is 3.00 bits per heavy atom. The van der Waals surface area contributed by atoms with E-state index in [9.17, 15) is 0 Å². The molecule has 0 aromatic carbocycles. The van der Waals surface area contributed by atoms with Crippen molar-refractivity contribution in [2.45, 2.75) is 31.8 Å². The number of hydrogen-bond acceptors (Lipinski definition) is 4. The van der Waals surface area contributed by atoms with Crippen LogP contribution in [0.3, 0.4) is 0 Å². The Hall–Kier alpha value is -0.380. The van der Waals surface area contributed by atoms with Gasteiger partial charge in [-0.15, -0.1) is 35.3 Å². The maximum atomic E-state index is 5.82. The molecule has 0 spiro atoms. The van der Waals surface area contributed by atoms with Crippen molar-refractivity contribution in [3.05, 3.63) is 22.4 Å². The highest BCUT2D eigenvalue weighted by molar-refractivity contribution is 14.0. The summed E-state index contributed by atoms with van der Waals surface area (Å²) in [6, 6.07) is 4.20. The van der Waals surface area contributed by atoms with Gasteiger partial charge in [-0.2, -0.15) is 0 Å². The summed E-state index contributed by atoms with van der Waals surface area (Å²) in [5.74, 6) is 0.526. The average molecular weight is 439 g/mol. The monoisotopic (exact) mass is 439 g/mol. The van der Waals surface area contributed by atoms with E-state index in [0.717, 1.165) is 52.0 Å². The largest absolute Gasteiger partial charge is 0.381 e. The Kier molecular flexibility index (Phi) is 10.8. The van der Waals surface area contributed by atoms with Crippen molar-refractivity contribution < 1.29 is 9.47 Å². The van der Waals surface area contributed by atoms with Gasteiger partial charge in [0.1, 0.15) is 0 Å². The molecule has 22 heavy (non-hydrogen) atoms. The van der Waals surface area contributed by atoms with Gasteiger partial charge in [-0.3, -0.25) is 4.99 Å². The quantitative estimate of drug-likeness (QED) is 0.283. The molecule has 0 atom stereocenters. The number of ether oxygens (including phenoxy) is 2. The van der Waals surface area contributed by atoms with Crippen molar-refractivity contribution in [1.29, 1.82) is 0 Å². The molecular weight excluding hydrogens is 413 g/mol. The fourth-order valence-corrected chi connectivity index (χ4v) is 2.89. The second-order valence-corrected chi connectivity index (χ2v) is 6.09. The Morgan fingerprint density at radius 1 is 1.45 bits per heavy atom. The fourth-order valence-electron chi connectivity index (χ4n) is 2.18. The molecule has 2 rings (SSSR count). The molecule has 1 fully saturated rings. The molecule has 0 amide bonds. The van der Waals surface area contributed by atoms with Gasteiger partial charge in [0.15, 0.2) is 5.96 Å². The van der Waals surface area contributed by atoms with Gasteiger partial charge in [0.05, 0.1) is 6.10 Å². The van der Waals surface area contributed by atoms with Crippen molar-refractivity contribution in [1.82, 2.24) is 5.32 Å². The Bertz CT molecular complexity index is 409. The Balaban J connectivity index is 0.00000242. The number of thiophene rings is 1. The van der Waals surface area contributed by atoms with Crippen LogP contribution in [0.1, 0.15) is 24.1 Å². The summed E-state index contributed by atoms with van der Waals surface area (Å²) in [7, 11) is 0. The predicted molar refractivity (Wildman–Crippen MR) is 102 cm³/mol. The first-order valence-electron chi connectivity index (χ1n) is 7.60. The molecule has 0 bridgehead atoms. The number of nitrogens with zero attached hydrogens (tertiary/aromatic N) is 1. The zero-order chi connectivity index (χ0) is 14.8. The van der Waals surface area contributed by atoms with E-state index in [2.05, 4.69) is 27.8 Å². The van der Waals surface area contributed by atoms with Crippen molar-refractivity contribution in [2.75, 3.05) is 32.9 Å². The summed E-state index contributed by atoms with van der Waals surface area (Å²) in [4.78, 5) is 5.67. The molecule has 0 unspecified atom stereocenters. The lowest BCUT2D eigenvalue weighted by Gasteiger charge is -2.22. The van der Waals surface area contributed by atoms with Gasteiger partial charge in [-0.25, -0.2) is 0 Å². The summed E-state index contributed by atoms with van der Waals surface area (Å²) in [5.41, 5.74) is 5.82. The first-order valence-corrected chi connectivity index (χ1v) is 8.48. The summed E-state index contributed by atoms with van der Waals surface area (Å²) in [6.45, 7) is 3.93. The van der Waals surface area contributed by atoms with E-state index in [1.165, 1.54) is 4.88 Å². The van der Waals surface area contributed by atoms with Crippen molar-refractivity contribution in [3.8, 4) is 0 Å². The molecular formula is C15H26IN3O2S.